The summed E-state index contributed by atoms with van der Waals surface area (Å²) in [6, 6.07) is 4.29. The van der Waals surface area contributed by atoms with E-state index in [0.29, 0.717) is 25.1 Å². The Morgan fingerprint density at radius 2 is 2.09 bits per heavy atom. The maximum absolute atomic E-state index is 14.2. The summed E-state index contributed by atoms with van der Waals surface area (Å²) in [5.41, 5.74) is -0.513. The van der Waals surface area contributed by atoms with Gasteiger partial charge in [-0.25, -0.2) is 4.39 Å². The Morgan fingerprint density at radius 3 is 2.88 bits per heavy atom. The predicted molar refractivity (Wildman–Crippen MR) is 114 cm³/mol. The maximum Gasteiger partial charge on any atom is 0.275 e. The number of carbonyl (C=O) groups is 2. The highest BCUT2D eigenvalue weighted by molar-refractivity contribution is 6.30. The van der Waals surface area contributed by atoms with Crippen molar-refractivity contribution >= 4 is 23.4 Å². The number of amides is 2. The Hall–Kier alpha value is -2.91. The van der Waals surface area contributed by atoms with Crippen molar-refractivity contribution in [3.05, 3.63) is 61.8 Å². The zero-order chi connectivity index (χ0) is 22.7. The molecular weight excluding hydrogens is 439 g/mol. The summed E-state index contributed by atoms with van der Waals surface area (Å²) >= 11 is 5.79. The number of hydrogen-bond donors (Lipinski definition) is 2. The van der Waals surface area contributed by atoms with Crippen LogP contribution in [0.1, 0.15) is 51.0 Å². The molecule has 1 aromatic heterocycles. The van der Waals surface area contributed by atoms with E-state index in [4.69, 9.17) is 11.6 Å². The molecule has 0 radical (unpaired) electrons. The number of nitrogens with one attached hydrogen (secondary N) is 1. The molecule has 2 amide bonds. The largest absolute Gasteiger partial charge is 0.503 e. The van der Waals surface area contributed by atoms with Crippen LogP contribution in [0.25, 0.3) is 0 Å². The first kappa shape index (κ1) is 21.0. The maximum atomic E-state index is 14.2. The van der Waals surface area contributed by atoms with Gasteiger partial charge in [-0.05, 0) is 32.4 Å². The van der Waals surface area contributed by atoms with E-state index in [1.165, 1.54) is 12.1 Å². The molecule has 1 saturated heterocycles. The van der Waals surface area contributed by atoms with Gasteiger partial charge >= 0.3 is 0 Å². The van der Waals surface area contributed by atoms with Crippen molar-refractivity contribution in [3.8, 4) is 5.75 Å². The lowest BCUT2D eigenvalue weighted by Crippen LogP contribution is -2.61. The molecular formula is C22H22ClFN4O4. The molecule has 2 unspecified atom stereocenters. The predicted octanol–water partition coefficient (Wildman–Crippen LogP) is 1.88. The van der Waals surface area contributed by atoms with E-state index in [9.17, 15) is 23.9 Å². The van der Waals surface area contributed by atoms with Crippen LogP contribution in [0.3, 0.4) is 0 Å². The normalized spacial score (nSPS) is 22.0. The lowest BCUT2D eigenvalue weighted by molar-refractivity contribution is -0.0151. The molecule has 2 N–H and O–H groups in total. The van der Waals surface area contributed by atoms with Gasteiger partial charge in [-0.3, -0.25) is 19.3 Å². The molecule has 0 bridgehead atoms. The van der Waals surface area contributed by atoms with Crippen LogP contribution in [0.2, 0.25) is 5.02 Å². The molecule has 2 aromatic rings. The van der Waals surface area contributed by atoms with Crippen LogP contribution in [-0.2, 0) is 13.0 Å². The monoisotopic (exact) mass is 460 g/mol. The molecule has 10 heteroatoms. The smallest absolute Gasteiger partial charge is 0.275 e. The number of benzene rings is 1. The minimum atomic E-state index is -0.881. The van der Waals surface area contributed by atoms with Gasteiger partial charge in [0.2, 0.25) is 5.43 Å². The zero-order valence-corrected chi connectivity index (χ0v) is 18.2. The fraction of sp³-hybridized carbons (Fsp3) is 0.409. The van der Waals surface area contributed by atoms with Crippen molar-refractivity contribution in [1.82, 2.24) is 19.7 Å². The number of halogens is 2. The van der Waals surface area contributed by atoms with E-state index >= 15 is 0 Å². The highest BCUT2D eigenvalue weighted by Gasteiger charge is 2.48. The summed E-state index contributed by atoms with van der Waals surface area (Å²) in [4.78, 5) is 43.0. The Morgan fingerprint density at radius 1 is 1.31 bits per heavy atom. The summed E-state index contributed by atoms with van der Waals surface area (Å²) < 4.78 is 15.9. The average Bonchev–Trinajstić information content (AvgIpc) is 3.19. The summed E-state index contributed by atoms with van der Waals surface area (Å²) in [6.45, 7) is 1.22. The first-order valence-corrected chi connectivity index (χ1v) is 10.9. The number of hydrogen-bond acceptors (Lipinski definition) is 5. The number of aromatic hydroxyl groups is 1. The van der Waals surface area contributed by atoms with Crippen LogP contribution in [-0.4, -0.2) is 57.6 Å². The fourth-order valence-corrected chi connectivity index (χ4v) is 5.47. The Kier molecular flexibility index (Phi) is 4.98. The van der Waals surface area contributed by atoms with E-state index in [2.05, 4.69) is 10.2 Å². The van der Waals surface area contributed by atoms with E-state index < -0.39 is 28.8 Å². The number of nitrogens with zero attached hydrogens (tertiary/aromatic N) is 3. The van der Waals surface area contributed by atoms with E-state index in [0.717, 1.165) is 13.0 Å². The number of rotatable bonds is 3. The van der Waals surface area contributed by atoms with Gasteiger partial charge in [-0.2, -0.15) is 0 Å². The quantitative estimate of drug-likeness (QED) is 0.729. The second-order valence-electron chi connectivity index (χ2n) is 8.47. The van der Waals surface area contributed by atoms with Crippen LogP contribution in [0.4, 0.5) is 4.39 Å². The second kappa shape index (κ2) is 7.60. The van der Waals surface area contributed by atoms with E-state index in [1.807, 2.05) is 7.05 Å². The molecule has 0 spiro atoms. The highest BCUT2D eigenvalue weighted by Crippen LogP contribution is 2.42. The Bertz CT molecular complexity index is 1210. The van der Waals surface area contributed by atoms with Crippen molar-refractivity contribution in [2.24, 2.45) is 0 Å². The Labute approximate surface area is 188 Å². The van der Waals surface area contributed by atoms with Crippen LogP contribution < -0.4 is 10.7 Å². The minimum absolute atomic E-state index is 0.0449. The lowest BCUT2D eigenvalue weighted by atomic mass is 10.0. The van der Waals surface area contributed by atoms with E-state index in [-0.39, 0.29) is 40.6 Å². The van der Waals surface area contributed by atoms with Crippen LogP contribution >= 0.6 is 11.6 Å². The number of fused-ring (bicyclic) bond motifs is 2. The topological polar surface area (TPSA) is 94.9 Å². The van der Waals surface area contributed by atoms with Crippen molar-refractivity contribution in [2.45, 2.75) is 38.0 Å². The van der Waals surface area contributed by atoms with Crippen molar-refractivity contribution in [1.29, 1.82) is 0 Å². The number of pyridine rings is 1. The van der Waals surface area contributed by atoms with Gasteiger partial charge in [-0.15, -0.1) is 0 Å². The number of carbonyl (C=O) groups excluding carboxylic acids is 2. The molecule has 32 heavy (non-hydrogen) atoms. The van der Waals surface area contributed by atoms with Gasteiger partial charge < -0.3 is 19.9 Å². The molecule has 5 rings (SSSR count). The third-order valence-corrected chi connectivity index (χ3v) is 6.97. The van der Waals surface area contributed by atoms with Gasteiger partial charge in [0.25, 0.3) is 11.8 Å². The summed E-state index contributed by atoms with van der Waals surface area (Å²) in [5.74, 6) is -2.47. The third kappa shape index (κ3) is 2.95. The standard InChI is InChI=1S/C22H22ClFN4O4/c1-26-8-3-9-27-21(26)14-7-6-13-15(18(29)19(30)17(22(27)32)28(13)14)20(31)25-10-11-4-2-5-12(23)16(11)24/h2,4-5,14,21,30H,3,6-10H2,1H3,(H,25,31). The van der Waals surface area contributed by atoms with Gasteiger partial charge in [0, 0.05) is 30.9 Å². The van der Waals surface area contributed by atoms with Crippen molar-refractivity contribution in [2.75, 3.05) is 20.1 Å². The highest BCUT2D eigenvalue weighted by atomic mass is 35.5. The van der Waals surface area contributed by atoms with E-state index in [1.54, 1.807) is 15.5 Å². The van der Waals surface area contributed by atoms with Crippen molar-refractivity contribution in [3.63, 3.8) is 0 Å². The number of likely N-dealkylation sites (N-methyl/N-ethyl adjacent to an activating group) is 1. The van der Waals surface area contributed by atoms with Crippen molar-refractivity contribution < 1.29 is 19.1 Å². The summed E-state index contributed by atoms with van der Waals surface area (Å²) in [7, 11) is 1.95. The molecule has 8 nitrogen and oxygen atoms in total. The molecule has 0 aliphatic carbocycles. The molecule has 3 aliphatic heterocycles. The van der Waals surface area contributed by atoms with Gasteiger partial charge in [0.05, 0.1) is 11.1 Å². The first-order valence-electron chi connectivity index (χ1n) is 10.5. The molecule has 1 aromatic carbocycles. The minimum Gasteiger partial charge on any atom is -0.503 e. The zero-order valence-electron chi connectivity index (χ0n) is 17.4. The molecule has 2 atom stereocenters. The molecule has 4 heterocycles. The fourth-order valence-electron chi connectivity index (χ4n) is 5.27. The number of aromatic nitrogens is 1. The van der Waals surface area contributed by atoms with Gasteiger partial charge in [0.1, 0.15) is 17.5 Å². The average molecular weight is 461 g/mol. The summed E-state index contributed by atoms with van der Waals surface area (Å²) in [5, 5.41) is 13.2. The third-order valence-electron chi connectivity index (χ3n) is 6.68. The molecule has 1 fully saturated rings. The van der Waals surface area contributed by atoms with Crippen LogP contribution in [0.15, 0.2) is 23.0 Å². The van der Waals surface area contributed by atoms with Gasteiger partial charge in [0.15, 0.2) is 11.4 Å². The van der Waals surface area contributed by atoms with Gasteiger partial charge in [-0.1, -0.05) is 23.7 Å². The molecule has 3 aliphatic rings. The molecule has 0 saturated carbocycles. The second-order valence-corrected chi connectivity index (χ2v) is 8.87. The molecule has 168 valence electrons. The SMILES string of the molecule is CN1CCCN2C(=O)c3c(O)c(=O)c(C(=O)NCc4cccc(Cl)c4F)c4n3C(CC4)C12. The van der Waals surface area contributed by atoms with Crippen LogP contribution in [0.5, 0.6) is 5.75 Å². The summed E-state index contributed by atoms with van der Waals surface area (Å²) in [6.07, 6.45) is 1.68. The first-order chi connectivity index (χ1) is 15.3. The Balaban J connectivity index is 1.55. The lowest BCUT2D eigenvalue weighted by Gasteiger charge is -2.49. The van der Waals surface area contributed by atoms with Crippen LogP contribution in [0, 0.1) is 5.82 Å².